The maximum Gasteiger partial charge on any atom is 0.224 e. The van der Waals surface area contributed by atoms with E-state index in [9.17, 15) is 5.11 Å². The summed E-state index contributed by atoms with van der Waals surface area (Å²) in [5.74, 6) is 1.57. The molecule has 8 heteroatoms. The summed E-state index contributed by atoms with van der Waals surface area (Å²) in [5.41, 5.74) is 7.53. The van der Waals surface area contributed by atoms with Gasteiger partial charge in [-0.2, -0.15) is 9.97 Å². The molecule has 2 atom stereocenters. The molecular formula is C19H30N6O2. The van der Waals surface area contributed by atoms with Crippen molar-refractivity contribution in [1.29, 1.82) is 0 Å². The van der Waals surface area contributed by atoms with Gasteiger partial charge in [-0.05, 0) is 44.9 Å². The first-order valence-corrected chi connectivity index (χ1v) is 10.0. The number of nitrogen functional groups attached to an aromatic ring is 1. The van der Waals surface area contributed by atoms with Crippen molar-refractivity contribution in [3.63, 3.8) is 0 Å². The lowest BCUT2D eigenvalue weighted by Gasteiger charge is -2.24. The molecule has 2 aromatic rings. The third-order valence-corrected chi connectivity index (χ3v) is 5.26. The van der Waals surface area contributed by atoms with Crippen LogP contribution < -0.4 is 10.6 Å². The van der Waals surface area contributed by atoms with Gasteiger partial charge in [0.15, 0.2) is 17.0 Å². The molecule has 0 spiro atoms. The van der Waals surface area contributed by atoms with Gasteiger partial charge >= 0.3 is 0 Å². The molecule has 2 fully saturated rings. The van der Waals surface area contributed by atoms with Gasteiger partial charge in [0.1, 0.15) is 6.23 Å². The van der Waals surface area contributed by atoms with Crippen LogP contribution in [0.3, 0.4) is 0 Å². The van der Waals surface area contributed by atoms with Crippen molar-refractivity contribution in [2.75, 3.05) is 17.2 Å². The molecule has 2 aliphatic carbocycles. The van der Waals surface area contributed by atoms with Gasteiger partial charge in [-0.15, -0.1) is 0 Å². The highest BCUT2D eigenvalue weighted by Gasteiger charge is 2.41. The number of aromatic nitrogens is 4. The Bertz CT molecular complexity index is 787. The van der Waals surface area contributed by atoms with E-state index in [2.05, 4.69) is 33.7 Å². The number of anilines is 2. The van der Waals surface area contributed by atoms with E-state index in [-0.39, 0.29) is 24.9 Å². The Morgan fingerprint density at radius 1 is 1.22 bits per heavy atom. The van der Waals surface area contributed by atoms with Crippen LogP contribution >= 0.6 is 0 Å². The van der Waals surface area contributed by atoms with E-state index in [4.69, 9.17) is 10.5 Å². The molecule has 0 aromatic carbocycles. The minimum atomic E-state index is -0.302. The molecule has 3 N–H and O–H groups in total. The Kier molecular flexibility index (Phi) is 4.94. The lowest BCUT2D eigenvalue weighted by molar-refractivity contribution is -0.0713. The van der Waals surface area contributed by atoms with Crippen molar-refractivity contribution in [1.82, 2.24) is 19.5 Å². The molecule has 2 saturated carbocycles. The number of rotatable bonds is 9. The third kappa shape index (κ3) is 3.87. The fraction of sp³-hybridized carbons (Fsp3) is 0.737. The molecule has 0 radical (unpaired) electrons. The molecule has 2 heterocycles. The molecule has 0 amide bonds. The predicted octanol–water partition coefficient (Wildman–Crippen LogP) is 2.48. The molecule has 2 aromatic heterocycles. The highest BCUT2D eigenvalue weighted by Crippen LogP contribution is 2.42. The second-order valence-electron chi connectivity index (χ2n) is 8.27. The molecule has 2 aliphatic rings. The summed E-state index contributed by atoms with van der Waals surface area (Å²) in [4.78, 5) is 16.0. The summed E-state index contributed by atoms with van der Waals surface area (Å²) < 4.78 is 7.97. The van der Waals surface area contributed by atoms with Gasteiger partial charge in [0.2, 0.25) is 5.95 Å². The minimum Gasteiger partial charge on any atom is -0.394 e. The molecule has 8 nitrogen and oxygen atoms in total. The Balaban J connectivity index is 1.64. The van der Waals surface area contributed by atoms with Gasteiger partial charge < -0.3 is 20.5 Å². The van der Waals surface area contributed by atoms with Crippen LogP contribution in [-0.4, -0.2) is 49.4 Å². The monoisotopic (exact) mass is 374 g/mol. The fourth-order valence-corrected chi connectivity index (χ4v) is 3.76. The smallest absolute Gasteiger partial charge is 0.224 e. The number of nitrogens with zero attached hydrogens (tertiary/aromatic N) is 5. The van der Waals surface area contributed by atoms with Crippen molar-refractivity contribution >= 4 is 22.9 Å². The maximum absolute atomic E-state index is 9.63. The zero-order valence-corrected chi connectivity index (χ0v) is 16.4. The number of aliphatic hydroxyl groups is 1. The molecule has 0 aliphatic heterocycles. The predicted molar refractivity (Wildman–Crippen MR) is 104 cm³/mol. The van der Waals surface area contributed by atoms with Crippen LogP contribution in [0.5, 0.6) is 0 Å². The molecule has 0 unspecified atom stereocenters. The topological polar surface area (TPSA) is 102 Å². The zero-order valence-electron chi connectivity index (χ0n) is 16.4. The van der Waals surface area contributed by atoms with Crippen molar-refractivity contribution in [3.8, 4) is 0 Å². The highest BCUT2D eigenvalue weighted by atomic mass is 16.5. The van der Waals surface area contributed by atoms with E-state index in [1.165, 1.54) is 25.7 Å². The summed E-state index contributed by atoms with van der Waals surface area (Å²) in [6.45, 7) is 6.18. The summed E-state index contributed by atoms with van der Waals surface area (Å²) in [7, 11) is 0. The standard InChI is InChI=1S/C19H30N6O2/c1-11(2)8-15(9-26)27-12(3)24-10-21-16-17(24)22-19(20)23-18(16)25(13-4-5-13)14-6-7-14/h10-15,26H,4-9H2,1-3H3,(H2,20,22,23)/t12-,15+/m1/s1. The van der Waals surface area contributed by atoms with Gasteiger partial charge in [-0.3, -0.25) is 4.57 Å². The second kappa shape index (κ2) is 7.24. The van der Waals surface area contributed by atoms with Crippen molar-refractivity contribution in [2.45, 2.75) is 77.3 Å². The van der Waals surface area contributed by atoms with E-state index in [1.54, 1.807) is 6.33 Å². The van der Waals surface area contributed by atoms with E-state index < -0.39 is 0 Å². The molecule has 27 heavy (non-hydrogen) atoms. The largest absolute Gasteiger partial charge is 0.394 e. The number of fused-ring (bicyclic) bond motifs is 1. The molecule has 4 rings (SSSR count). The van der Waals surface area contributed by atoms with Gasteiger partial charge in [-0.1, -0.05) is 13.8 Å². The van der Waals surface area contributed by atoms with E-state index in [0.29, 0.717) is 23.6 Å². The van der Waals surface area contributed by atoms with Crippen LogP contribution in [0.25, 0.3) is 11.2 Å². The quantitative estimate of drug-likeness (QED) is 0.695. The first-order chi connectivity index (χ1) is 13.0. The Morgan fingerprint density at radius 2 is 1.89 bits per heavy atom. The van der Waals surface area contributed by atoms with Crippen LogP contribution in [0.2, 0.25) is 0 Å². The summed E-state index contributed by atoms with van der Waals surface area (Å²) in [5, 5.41) is 9.63. The van der Waals surface area contributed by atoms with Crippen LogP contribution in [-0.2, 0) is 4.74 Å². The Morgan fingerprint density at radius 3 is 2.44 bits per heavy atom. The summed E-state index contributed by atoms with van der Waals surface area (Å²) >= 11 is 0. The molecule has 148 valence electrons. The van der Waals surface area contributed by atoms with E-state index in [1.807, 2.05) is 11.5 Å². The number of nitrogens with two attached hydrogens (primary N) is 1. The van der Waals surface area contributed by atoms with E-state index in [0.717, 1.165) is 17.8 Å². The van der Waals surface area contributed by atoms with Crippen LogP contribution in [0.1, 0.15) is 59.1 Å². The zero-order chi connectivity index (χ0) is 19.1. The van der Waals surface area contributed by atoms with Crippen LogP contribution in [0, 0.1) is 5.92 Å². The van der Waals surface area contributed by atoms with Gasteiger partial charge in [-0.25, -0.2) is 4.98 Å². The SMILES string of the molecule is CC(C)C[C@@H](CO)O[C@H](C)n1cnc2c(N(C3CC3)C3CC3)nc(N)nc21. The lowest BCUT2D eigenvalue weighted by Crippen LogP contribution is -2.29. The Labute approximate surface area is 159 Å². The van der Waals surface area contributed by atoms with Crippen LogP contribution in [0.4, 0.5) is 11.8 Å². The van der Waals surface area contributed by atoms with Crippen molar-refractivity contribution in [2.24, 2.45) is 5.92 Å². The first kappa shape index (κ1) is 18.4. The lowest BCUT2D eigenvalue weighted by atomic mass is 10.1. The van der Waals surface area contributed by atoms with Gasteiger partial charge in [0.25, 0.3) is 0 Å². The van der Waals surface area contributed by atoms with Crippen molar-refractivity contribution < 1.29 is 9.84 Å². The third-order valence-electron chi connectivity index (χ3n) is 5.26. The summed E-state index contributed by atoms with van der Waals surface area (Å²) in [6, 6.07) is 1.11. The van der Waals surface area contributed by atoms with Crippen molar-refractivity contribution in [3.05, 3.63) is 6.33 Å². The number of ether oxygens (including phenoxy) is 1. The first-order valence-electron chi connectivity index (χ1n) is 10.0. The summed E-state index contributed by atoms with van der Waals surface area (Å²) in [6.07, 6.45) is 6.84. The molecule has 0 bridgehead atoms. The van der Waals surface area contributed by atoms with E-state index >= 15 is 0 Å². The number of aliphatic hydroxyl groups excluding tert-OH is 1. The number of hydrogen-bond acceptors (Lipinski definition) is 7. The second-order valence-corrected chi connectivity index (χ2v) is 8.27. The normalized spacial score (nSPS) is 19.6. The maximum atomic E-state index is 9.63. The number of hydrogen-bond donors (Lipinski definition) is 2. The average Bonchev–Trinajstić information content (AvgIpc) is 3.54. The fourth-order valence-electron chi connectivity index (χ4n) is 3.76. The molecular weight excluding hydrogens is 344 g/mol. The van der Waals surface area contributed by atoms with Crippen LogP contribution in [0.15, 0.2) is 6.33 Å². The average molecular weight is 374 g/mol. The minimum absolute atomic E-state index is 0.00530. The van der Waals surface area contributed by atoms with Gasteiger partial charge in [0.05, 0.1) is 19.0 Å². The number of imidazole rings is 1. The Hall–Kier alpha value is -1.93. The molecule has 0 saturated heterocycles. The van der Waals surface area contributed by atoms with Gasteiger partial charge in [0, 0.05) is 12.1 Å². The highest BCUT2D eigenvalue weighted by molar-refractivity contribution is 5.85.